The van der Waals surface area contributed by atoms with Crippen molar-refractivity contribution in [3.63, 3.8) is 0 Å². The van der Waals surface area contributed by atoms with Gasteiger partial charge in [-0.1, -0.05) is 52.4 Å². The predicted molar refractivity (Wildman–Crippen MR) is 44.7 cm³/mol. The van der Waals surface area contributed by atoms with Crippen molar-refractivity contribution in [3.05, 3.63) is 36.5 Å². The van der Waals surface area contributed by atoms with Crippen LogP contribution >= 0.6 is 15.9 Å². The van der Waals surface area contributed by atoms with Crippen molar-refractivity contribution >= 4 is 15.9 Å². The molecule has 0 nitrogen and oxygen atoms in total. The van der Waals surface area contributed by atoms with Crippen molar-refractivity contribution in [1.82, 2.24) is 0 Å². The van der Waals surface area contributed by atoms with E-state index in [9.17, 15) is 0 Å². The average Bonchev–Trinajstić information content (AvgIpc) is 2.13. The van der Waals surface area contributed by atoms with Gasteiger partial charge in [0.1, 0.15) is 0 Å². The largest absolute Gasteiger partial charge is 0.0918 e. The fraction of sp³-hybridized carbons (Fsp3) is 0.250. The standard InChI is InChI=1S/C8H9Br/c9-7-8-5-3-1-2-4-6-8/h1-6,8H,7H2. The molecule has 0 saturated heterocycles. The van der Waals surface area contributed by atoms with E-state index in [1.54, 1.807) is 0 Å². The molecule has 1 aliphatic carbocycles. The molecule has 0 aliphatic heterocycles. The lowest BCUT2D eigenvalue weighted by molar-refractivity contribution is 0.969. The summed E-state index contributed by atoms with van der Waals surface area (Å²) in [6, 6.07) is 0. The molecule has 0 aromatic heterocycles. The molecule has 0 spiro atoms. The molecule has 9 heavy (non-hydrogen) atoms. The quantitative estimate of drug-likeness (QED) is 0.551. The molecule has 0 amide bonds. The summed E-state index contributed by atoms with van der Waals surface area (Å²) in [6.07, 6.45) is 12.6. The maximum atomic E-state index is 3.42. The van der Waals surface area contributed by atoms with E-state index in [1.165, 1.54) is 0 Å². The highest BCUT2D eigenvalue weighted by molar-refractivity contribution is 9.09. The number of alkyl halides is 1. The maximum Gasteiger partial charge on any atom is 0.0129 e. The minimum Gasteiger partial charge on any atom is -0.0918 e. The third-order valence-corrected chi connectivity index (χ3v) is 1.98. The van der Waals surface area contributed by atoms with Crippen LogP contribution in [0.15, 0.2) is 36.5 Å². The van der Waals surface area contributed by atoms with Crippen LogP contribution in [0.5, 0.6) is 0 Å². The minimum atomic E-state index is 0.569. The highest BCUT2D eigenvalue weighted by Gasteiger charge is 1.95. The maximum absolute atomic E-state index is 3.42. The fourth-order valence-electron chi connectivity index (χ4n) is 0.709. The Hall–Kier alpha value is -0.300. The number of rotatable bonds is 1. The first kappa shape index (κ1) is 6.81. The van der Waals surface area contributed by atoms with Gasteiger partial charge >= 0.3 is 0 Å². The summed E-state index contributed by atoms with van der Waals surface area (Å²) in [5, 5.41) is 1.02. The SMILES string of the molecule is BrCC1C=CC=CC=C1. The number of halogens is 1. The predicted octanol–water partition coefficient (Wildman–Crippen LogP) is 2.68. The Labute approximate surface area is 64.1 Å². The van der Waals surface area contributed by atoms with Crippen molar-refractivity contribution in [2.45, 2.75) is 0 Å². The van der Waals surface area contributed by atoms with Gasteiger partial charge in [-0.3, -0.25) is 0 Å². The number of hydrogen-bond acceptors (Lipinski definition) is 0. The second-order valence-corrected chi connectivity index (χ2v) is 2.62. The van der Waals surface area contributed by atoms with Crippen LogP contribution < -0.4 is 0 Å². The van der Waals surface area contributed by atoms with Crippen molar-refractivity contribution in [1.29, 1.82) is 0 Å². The zero-order valence-electron chi connectivity index (χ0n) is 5.13. The molecule has 0 atom stereocenters. The summed E-state index contributed by atoms with van der Waals surface area (Å²) in [7, 11) is 0. The van der Waals surface area contributed by atoms with Crippen molar-refractivity contribution in [2.24, 2.45) is 5.92 Å². The molecular weight excluding hydrogens is 176 g/mol. The lowest BCUT2D eigenvalue weighted by Crippen LogP contribution is -1.89. The third kappa shape index (κ3) is 2.19. The Kier molecular flexibility index (Phi) is 2.78. The molecule has 0 saturated carbocycles. The van der Waals surface area contributed by atoms with Crippen molar-refractivity contribution in [2.75, 3.05) is 5.33 Å². The molecule has 0 unspecified atom stereocenters. The first-order chi connectivity index (χ1) is 4.43. The molecule has 1 heteroatoms. The summed E-state index contributed by atoms with van der Waals surface area (Å²) >= 11 is 3.42. The van der Waals surface area contributed by atoms with Gasteiger partial charge in [0.25, 0.3) is 0 Å². The second-order valence-electron chi connectivity index (χ2n) is 1.97. The van der Waals surface area contributed by atoms with Gasteiger partial charge in [0, 0.05) is 11.2 Å². The number of hydrogen-bond donors (Lipinski definition) is 0. The lowest BCUT2D eigenvalue weighted by Gasteiger charge is -1.97. The van der Waals surface area contributed by atoms with Crippen LogP contribution in [0.2, 0.25) is 0 Å². The van der Waals surface area contributed by atoms with E-state index in [1.807, 2.05) is 12.2 Å². The number of allylic oxidation sites excluding steroid dienone is 6. The van der Waals surface area contributed by atoms with Crippen LogP contribution in [0, 0.1) is 5.92 Å². The Morgan fingerprint density at radius 1 is 1.00 bits per heavy atom. The zero-order valence-corrected chi connectivity index (χ0v) is 6.71. The van der Waals surface area contributed by atoms with Gasteiger partial charge in [-0.25, -0.2) is 0 Å². The van der Waals surface area contributed by atoms with Gasteiger partial charge < -0.3 is 0 Å². The van der Waals surface area contributed by atoms with Crippen LogP contribution in [0.25, 0.3) is 0 Å². The Balaban J connectivity index is 2.58. The Morgan fingerprint density at radius 2 is 1.56 bits per heavy atom. The molecule has 1 aliphatic rings. The minimum absolute atomic E-state index is 0.569. The average molecular weight is 185 g/mol. The van der Waals surface area contributed by atoms with Crippen LogP contribution in [0.3, 0.4) is 0 Å². The van der Waals surface area contributed by atoms with Crippen LogP contribution in [-0.4, -0.2) is 5.33 Å². The van der Waals surface area contributed by atoms with Gasteiger partial charge in [0.05, 0.1) is 0 Å². The first-order valence-corrected chi connectivity index (χ1v) is 4.13. The Morgan fingerprint density at radius 3 is 2.00 bits per heavy atom. The highest BCUT2D eigenvalue weighted by atomic mass is 79.9. The van der Waals surface area contributed by atoms with Gasteiger partial charge in [-0.05, 0) is 0 Å². The third-order valence-electron chi connectivity index (χ3n) is 1.23. The van der Waals surface area contributed by atoms with Crippen LogP contribution in [0.4, 0.5) is 0 Å². The van der Waals surface area contributed by atoms with E-state index < -0.39 is 0 Å². The summed E-state index contributed by atoms with van der Waals surface area (Å²) in [5.41, 5.74) is 0. The summed E-state index contributed by atoms with van der Waals surface area (Å²) in [6.45, 7) is 0. The van der Waals surface area contributed by atoms with Crippen molar-refractivity contribution in [3.8, 4) is 0 Å². The molecule has 0 aromatic carbocycles. The first-order valence-electron chi connectivity index (χ1n) is 3.01. The summed E-state index contributed by atoms with van der Waals surface area (Å²) in [5.74, 6) is 0.569. The van der Waals surface area contributed by atoms with Crippen LogP contribution in [-0.2, 0) is 0 Å². The zero-order chi connectivity index (χ0) is 6.53. The van der Waals surface area contributed by atoms with Gasteiger partial charge in [-0.15, -0.1) is 0 Å². The fourth-order valence-corrected chi connectivity index (χ4v) is 1.14. The van der Waals surface area contributed by atoms with E-state index >= 15 is 0 Å². The van der Waals surface area contributed by atoms with Gasteiger partial charge in [0.15, 0.2) is 0 Å². The van der Waals surface area contributed by atoms with E-state index in [4.69, 9.17) is 0 Å². The Bertz CT molecular complexity index is 138. The summed E-state index contributed by atoms with van der Waals surface area (Å²) in [4.78, 5) is 0. The van der Waals surface area contributed by atoms with Crippen LogP contribution in [0.1, 0.15) is 0 Å². The van der Waals surface area contributed by atoms with Gasteiger partial charge in [0.2, 0.25) is 0 Å². The van der Waals surface area contributed by atoms with Crippen molar-refractivity contribution < 1.29 is 0 Å². The molecule has 48 valence electrons. The molecule has 0 fully saturated rings. The molecule has 0 radical (unpaired) electrons. The molecule has 0 bridgehead atoms. The van der Waals surface area contributed by atoms with E-state index in [-0.39, 0.29) is 0 Å². The summed E-state index contributed by atoms with van der Waals surface area (Å²) < 4.78 is 0. The molecular formula is C8H9Br. The van der Waals surface area contributed by atoms with E-state index in [0.717, 1.165) is 5.33 Å². The van der Waals surface area contributed by atoms with Gasteiger partial charge in [-0.2, -0.15) is 0 Å². The monoisotopic (exact) mass is 184 g/mol. The lowest BCUT2D eigenvalue weighted by atomic mass is 10.2. The second kappa shape index (κ2) is 3.67. The molecule has 0 aromatic rings. The molecule has 1 rings (SSSR count). The molecule has 0 N–H and O–H groups in total. The van der Waals surface area contributed by atoms with E-state index in [2.05, 4.69) is 40.2 Å². The smallest absolute Gasteiger partial charge is 0.0129 e. The van der Waals surface area contributed by atoms with E-state index in [0.29, 0.717) is 5.92 Å². The highest BCUT2D eigenvalue weighted by Crippen LogP contribution is 2.07. The topological polar surface area (TPSA) is 0 Å². The normalized spacial score (nSPS) is 18.3. The molecule has 0 heterocycles.